The average molecular weight is 413 g/mol. The molecule has 5 nitrogen and oxygen atoms in total. The Morgan fingerprint density at radius 2 is 1.93 bits per heavy atom. The van der Waals surface area contributed by atoms with Crippen molar-refractivity contribution in [3.63, 3.8) is 0 Å². The molecule has 0 aliphatic rings. The van der Waals surface area contributed by atoms with Crippen LogP contribution in [0.15, 0.2) is 42.5 Å². The first kappa shape index (κ1) is 21.5. The molecule has 0 spiro atoms. The highest BCUT2D eigenvalue weighted by Crippen LogP contribution is 2.33. The lowest BCUT2D eigenvalue weighted by atomic mass is 10.1. The second-order valence-electron chi connectivity index (χ2n) is 7.52. The second-order valence-corrected chi connectivity index (χ2v) is 7.52. The summed E-state index contributed by atoms with van der Waals surface area (Å²) in [6.07, 6.45) is 0.606. The normalized spacial score (nSPS) is 11.0. The van der Waals surface area contributed by atoms with Crippen LogP contribution in [-0.4, -0.2) is 21.7 Å². The molecule has 0 saturated carbocycles. The van der Waals surface area contributed by atoms with Crippen molar-refractivity contribution in [1.29, 1.82) is 0 Å². The SMILES string of the molecule is Cc1cccc(-n2nc(C)c(CCC(=O)NC(C)C)c2Oc2ccc(F)cc2F)c1. The number of nitrogens with one attached hydrogen (secondary N) is 1. The predicted octanol–water partition coefficient (Wildman–Crippen LogP) is 5.02. The Morgan fingerprint density at radius 1 is 1.17 bits per heavy atom. The maximum Gasteiger partial charge on any atom is 0.226 e. The average Bonchev–Trinajstić information content (AvgIpc) is 2.97. The number of aryl methyl sites for hydroxylation is 2. The second kappa shape index (κ2) is 9.07. The number of benzene rings is 2. The first-order chi connectivity index (χ1) is 14.2. The molecule has 2 aromatic carbocycles. The molecule has 0 aliphatic heterocycles. The Kier molecular flexibility index (Phi) is 6.50. The van der Waals surface area contributed by atoms with E-state index in [0.717, 1.165) is 23.4 Å². The summed E-state index contributed by atoms with van der Waals surface area (Å²) < 4.78 is 35.1. The number of halogens is 2. The lowest BCUT2D eigenvalue weighted by Crippen LogP contribution is -2.30. The Balaban J connectivity index is 2.01. The van der Waals surface area contributed by atoms with E-state index in [1.165, 1.54) is 6.07 Å². The third-order valence-electron chi connectivity index (χ3n) is 4.54. The quantitative estimate of drug-likeness (QED) is 0.592. The van der Waals surface area contributed by atoms with Gasteiger partial charge in [-0.3, -0.25) is 4.79 Å². The summed E-state index contributed by atoms with van der Waals surface area (Å²) in [6, 6.07) is 10.8. The van der Waals surface area contributed by atoms with Gasteiger partial charge in [-0.15, -0.1) is 0 Å². The van der Waals surface area contributed by atoms with Gasteiger partial charge in [-0.25, -0.2) is 13.5 Å². The van der Waals surface area contributed by atoms with E-state index in [1.54, 1.807) is 4.68 Å². The van der Waals surface area contributed by atoms with Gasteiger partial charge in [-0.2, -0.15) is 5.10 Å². The maximum absolute atomic E-state index is 14.3. The van der Waals surface area contributed by atoms with Crippen LogP contribution in [0.4, 0.5) is 8.78 Å². The number of hydrogen-bond acceptors (Lipinski definition) is 3. The van der Waals surface area contributed by atoms with E-state index in [4.69, 9.17) is 4.74 Å². The van der Waals surface area contributed by atoms with Gasteiger partial charge in [0.05, 0.1) is 11.4 Å². The van der Waals surface area contributed by atoms with E-state index < -0.39 is 11.6 Å². The van der Waals surface area contributed by atoms with Gasteiger partial charge in [0, 0.05) is 24.1 Å². The van der Waals surface area contributed by atoms with Crippen LogP contribution in [0.5, 0.6) is 11.6 Å². The fourth-order valence-electron chi connectivity index (χ4n) is 3.16. The van der Waals surface area contributed by atoms with Crippen molar-refractivity contribution >= 4 is 5.91 Å². The minimum absolute atomic E-state index is 0.0395. The molecule has 0 unspecified atom stereocenters. The summed E-state index contributed by atoms with van der Waals surface area (Å²) in [6.45, 7) is 7.56. The molecule has 1 heterocycles. The van der Waals surface area contributed by atoms with E-state index in [1.807, 2.05) is 52.0 Å². The highest BCUT2D eigenvalue weighted by atomic mass is 19.1. The van der Waals surface area contributed by atoms with Gasteiger partial charge in [0.1, 0.15) is 5.82 Å². The zero-order chi connectivity index (χ0) is 21.8. The number of hydrogen-bond donors (Lipinski definition) is 1. The minimum atomic E-state index is -0.812. The molecule has 7 heteroatoms. The van der Waals surface area contributed by atoms with E-state index in [9.17, 15) is 13.6 Å². The molecule has 1 N–H and O–H groups in total. The maximum atomic E-state index is 14.3. The molecule has 0 saturated heterocycles. The predicted molar refractivity (Wildman–Crippen MR) is 111 cm³/mol. The van der Waals surface area contributed by atoms with Gasteiger partial charge >= 0.3 is 0 Å². The van der Waals surface area contributed by atoms with Gasteiger partial charge in [0.25, 0.3) is 0 Å². The Morgan fingerprint density at radius 3 is 2.60 bits per heavy atom. The van der Waals surface area contributed by atoms with E-state index >= 15 is 0 Å². The largest absolute Gasteiger partial charge is 0.436 e. The molecule has 3 rings (SSSR count). The number of nitrogens with zero attached hydrogens (tertiary/aromatic N) is 2. The van der Waals surface area contributed by atoms with Gasteiger partial charge in [0.15, 0.2) is 11.6 Å². The zero-order valence-electron chi connectivity index (χ0n) is 17.5. The standard InChI is InChI=1S/C23H25F2N3O2/c1-14(2)26-22(29)11-9-19-16(4)27-28(18-7-5-6-15(3)12-18)23(19)30-21-10-8-17(24)13-20(21)25/h5-8,10,12-14H,9,11H2,1-4H3,(H,26,29). The third kappa shape index (κ3) is 5.03. The van der Waals surface area contributed by atoms with E-state index in [-0.39, 0.29) is 24.1 Å². The summed E-state index contributed by atoms with van der Waals surface area (Å²) in [7, 11) is 0. The van der Waals surface area contributed by atoms with Crippen molar-refractivity contribution in [2.45, 2.75) is 46.6 Å². The van der Waals surface area contributed by atoms with Crippen LogP contribution in [0.1, 0.15) is 37.1 Å². The minimum Gasteiger partial charge on any atom is -0.436 e. The van der Waals surface area contributed by atoms with E-state index in [0.29, 0.717) is 23.6 Å². The van der Waals surface area contributed by atoms with Gasteiger partial charge < -0.3 is 10.1 Å². The molecule has 0 radical (unpaired) electrons. The third-order valence-corrected chi connectivity index (χ3v) is 4.54. The Labute approximate surface area is 174 Å². The number of aromatic nitrogens is 2. The molecular formula is C23H25F2N3O2. The molecule has 30 heavy (non-hydrogen) atoms. The monoisotopic (exact) mass is 413 g/mol. The van der Waals surface area contributed by atoms with Crippen LogP contribution in [0.3, 0.4) is 0 Å². The summed E-state index contributed by atoms with van der Waals surface area (Å²) in [5.74, 6) is -1.40. The van der Waals surface area contributed by atoms with Crippen molar-refractivity contribution in [2.24, 2.45) is 0 Å². The highest BCUT2D eigenvalue weighted by molar-refractivity contribution is 5.76. The lowest BCUT2D eigenvalue weighted by molar-refractivity contribution is -0.121. The molecule has 3 aromatic rings. The van der Waals surface area contributed by atoms with Crippen LogP contribution < -0.4 is 10.1 Å². The van der Waals surface area contributed by atoms with Crippen LogP contribution in [0.2, 0.25) is 0 Å². The van der Waals surface area contributed by atoms with Crippen molar-refractivity contribution in [2.75, 3.05) is 0 Å². The molecule has 158 valence electrons. The number of carbonyl (C=O) groups excluding carboxylic acids is 1. The smallest absolute Gasteiger partial charge is 0.226 e. The number of amides is 1. The Bertz CT molecular complexity index is 1060. The van der Waals surface area contributed by atoms with Crippen LogP contribution in [-0.2, 0) is 11.2 Å². The molecular weight excluding hydrogens is 388 g/mol. The molecule has 1 amide bonds. The number of carbonyl (C=O) groups is 1. The fraction of sp³-hybridized carbons (Fsp3) is 0.304. The molecule has 1 aromatic heterocycles. The van der Waals surface area contributed by atoms with Gasteiger partial charge in [0.2, 0.25) is 11.8 Å². The Hall–Kier alpha value is -3.22. The fourth-order valence-corrected chi connectivity index (χ4v) is 3.16. The number of rotatable bonds is 7. The molecule has 0 fully saturated rings. The van der Waals surface area contributed by atoms with Crippen molar-refractivity contribution in [1.82, 2.24) is 15.1 Å². The highest BCUT2D eigenvalue weighted by Gasteiger charge is 2.21. The van der Waals surface area contributed by atoms with Crippen LogP contribution in [0.25, 0.3) is 5.69 Å². The van der Waals surface area contributed by atoms with Crippen molar-refractivity contribution in [3.05, 3.63) is 70.9 Å². The van der Waals surface area contributed by atoms with Crippen molar-refractivity contribution < 1.29 is 18.3 Å². The first-order valence-corrected chi connectivity index (χ1v) is 9.82. The zero-order valence-corrected chi connectivity index (χ0v) is 17.5. The van der Waals surface area contributed by atoms with Gasteiger partial charge in [-0.1, -0.05) is 12.1 Å². The summed E-state index contributed by atoms with van der Waals surface area (Å²) >= 11 is 0. The molecule has 0 bridgehead atoms. The number of ether oxygens (including phenoxy) is 1. The summed E-state index contributed by atoms with van der Waals surface area (Å²) in [5.41, 5.74) is 3.14. The topological polar surface area (TPSA) is 56.2 Å². The first-order valence-electron chi connectivity index (χ1n) is 9.82. The van der Waals surface area contributed by atoms with Crippen LogP contribution in [0, 0.1) is 25.5 Å². The van der Waals surface area contributed by atoms with Crippen LogP contribution >= 0.6 is 0 Å². The molecule has 0 atom stereocenters. The van der Waals surface area contributed by atoms with Crippen molar-refractivity contribution in [3.8, 4) is 17.3 Å². The lowest BCUT2D eigenvalue weighted by Gasteiger charge is -2.13. The van der Waals surface area contributed by atoms with Gasteiger partial charge in [-0.05, 0) is 63.9 Å². The summed E-state index contributed by atoms with van der Waals surface area (Å²) in [5, 5.41) is 7.42. The summed E-state index contributed by atoms with van der Waals surface area (Å²) in [4.78, 5) is 12.1. The molecule has 0 aliphatic carbocycles. The van der Waals surface area contributed by atoms with E-state index in [2.05, 4.69) is 10.4 Å².